The summed E-state index contributed by atoms with van der Waals surface area (Å²) in [6.45, 7) is 7.24. The normalized spacial score (nSPS) is 25.9. The average molecular weight is 292 g/mol. The Hall–Kier alpha value is -0.940. The van der Waals surface area contributed by atoms with Crippen molar-refractivity contribution in [1.29, 1.82) is 0 Å². The molecule has 0 saturated carbocycles. The average Bonchev–Trinajstić information content (AvgIpc) is 2.96. The molecule has 0 spiro atoms. The Bertz CT molecular complexity index is 401. The Balaban J connectivity index is 2.10. The fourth-order valence-electron chi connectivity index (χ4n) is 3.22. The lowest BCUT2D eigenvalue weighted by molar-refractivity contribution is -0.00461. The lowest BCUT2D eigenvalue weighted by atomic mass is 9.99. The highest BCUT2D eigenvalue weighted by atomic mass is 16.5. The van der Waals surface area contributed by atoms with Crippen molar-refractivity contribution in [2.45, 2.75) is 38.1 Å². The number of nitrogens with one attached hydrogen (secondary N) is 1. The van der Waals surface area contributed by atoms with Crippen LogP contribution in [0.3, 0.4) is 0 Å². The first-order valence-electron chi connectivity index (χ1n) is 7.79. The third-order valence-corrected chi connectivity index (χ3v) is 4.49. The zero-order chi connectivity index (χ0) is 15.2. The highest BCUT2D eigenvalue weighted by Crippen LogP contribution is 2.26. The molecule has 1 aromatic carbocycles. The molecule has 0 bridgehead atoms. The smallest absolute Gasteiger partial charge is 0.0971 e. The van der Waals surface area contributed by atoms with Crippen LogP contribution < -0.4 is 5.32 Å². The van der Waals surface area contributed by atoms with Crippen LogP contribution in [0.15, 0.2) is 30.3 Å². The van der Waals surface area contributed by atoms with Gasteiger partial charge in [0, 0.05) is 39.4 Å². The lowest BCUT2D eigenvalue weighted by Crippen LogP contribution is -2.42. The zero-order valence-corrected chi connectivity index (χ0v) is 13.6. The van der Waals surface area contributed by atoms with Gasteiger partial charge in [0.1, 0.15) is 0 Å². The van der Waals surface area contributed by atoms with E-state index < -0.39 is 0 Å². The van der Waals surface area contributed by atoms with E-state index in [1.807, 2.05) is 0 Å². The minimum Gasteiger partial charge on any atom is -0.377 e. The fraction of sp³-hybridized carbons (Fsp3) is 0.647. The molecule has 1 aliphatic heterocycles. The quantitative estimate of drug-likeness (QED) is 0.834. The Morgan fingerprint density at radius 3 is 2.19 bits per heavy atom. The third kappa shape index (κ3) is 3.83. The van der Waals surface area contributed by atoms with Gasteiger partial charge in [-0.3, -0.25) is 4.90 Å². The molecular formula is C17H28N2O2. The summed E-state index contributed by atoms with van der Waals surface area (Å²) in [5.41, 5.74) is 1.33. The van der Waals surface area contributed by atoms with Crippen molar-refractivity contribution in [2.75, 3.05) is 33.9 Å². The van der Waals surface area contributed by atoms with E-state index in [1.165, 1.54) is 5.56 Å². The number of rotatable bonds is 7. The van der Waals surface area contributed by atoms with Crippen LogP contribution >= 0.6 is 0 Å². The Morgan fingerprint density at radius 1 is 1.14 bits per heavy atom. The van der Waals surface area contributed by atoms with Gasteiger partial charge < -0.3 is 14.8 Å². The zero-order valence-electron chi connectivity index (χ0n) is 13.6. The van der Waals surface area contributed by atoms with Crippen LogP contribution in [0.5, 0.6) is 0 Å². The van der Waals surface area contributed by atoms with E-state index in [-0.39, 0.29) is 12.2 Å². The summed E-state index contributed by atoms with van der Waals surface area (Å²) in [5.74, 6) is 0. The standard InChI is InChI=1S/C17H28N2O2/c1-5-18-17(14-9-7-6-8-10-14)13(2)19-11-15(20-3)16(12-19)21-4/h6-10,13,15-18H,5,11-12H2,1-4H3. The number of likely N-dealkylation sites (tertiary alicyclic amines) is 1. The first kappa shape index (κ1) is 16.4. The van der Waals surface area contributed by atoms with Crippen molar-refractivity contribution in [3.63, 3.8) is 0 Å². The van der Waals surface area contributed by atoms with E-state index in [2.05, 4.69) is 54.4 Å². The molecule has 1 fully saturated rings. The topological polar surface area (TPSA) is 33.7 Å². The van der Waals surface area contributed by atoms with Crippen LogP contribution in [0, 0.1) is 0 Å². The maximum atomic E-state index is 5.55. The van der Waals surface area contributed by atoms with Crippen molar-refractivity contribution in [3.8, 4) is 0 Å². The van der Waals surface area contributed by atoms with Gasteiger partial charge in [0.15, 0.2) is 0 Å². The molecule has 0 radical (unpaired) electrons. The molecule has 4 unspecified atom stereocenters. The molecule has 4 heteroatoms. The summed E-state index contributed by atoms with van der Waals surface area (Å²) in [6.07, 6.45) is 0.325. The van der Waals surface area contributed by atoms with Gasteiger partial charge in [0.25, 0.3) is 0 Å². The van der Waals surface area contributed by atoms with Gasteiger partial charge in [0.2, 0.25) is 0 Å². The van der Waals surface area contributed by atoms with Crippen molar-refractivity contribution in [3.05, 3.63) is 35.9 Å². The van der Waals surface area contributed by atoms with E-state index in [4.69, 9.17) is 9.47 Å². The molecule has 1 N–H and O–H groups in total. The number of methoxy groups -OCH3 is 2. The number of hydrogen-bond acceptors (Lipinski definition) is 4. The summed E-state index contributed by atoms with van der Waals surface area (Å²) < 4.78 is 11.1. The second-order valence-electron chi connectivity index (χ2n) is 5.69. The van der Waals surface area contributed by atoms with E-state index >= 15 is 0 Å². The maximum Gasteiger partial charge on any atom is 0.0971 e. The maximum absolute atomic E-state index is 5.55. The number of nitrogens with zero attached hydrogens (tertiary/aromatic N) is 1. The van der Waals surface area contributed by atoms with Gasteiger partial charge in [-0.05, 0) is 19.0 Å². The third-order valence-electron chi connectivity index (χ3n) is 4.49. The van der Waals surface area contributed by atoms with Gasteiger partial charge >= 0.3 is 0 Å². The first-order chi connectivity index (χ1) is 10.2. The van der Waals surface area contributed by atoms with Gasteiger partial charge in [0.05, 0.1) is 12.2 Å². The summed E-state index contributed by atoms with van der Waals surface area (Å²) in [4.78, 5) is 2.46. The SMILES string of the molecule is CCNC(c1ccccc1)C(C)N1CC(OC)C(OC)C1. The molecule has 4 atom stereocenters. The van der Waals surface area contributed by atoms with Crippen molar-refractivity contribution in [1.82, 2.24) is 10.2 Å². The van der Waals surface area contributed by atoms with Crippen molar-refractivity contribution < 1.29 is 9.47 Å². The summed E-state index contributed by atoms with van der Waals surface area (Å²) in [6, 6.07) is 11.4. The summed E-state index contributed by atoms with van der Waals surface area (Å²) in [5, 5.41) is 3.62. The first-order valence-corrected chi connectivity index (χ1v) is 7.79. The molecule has 118 valence electrons. The van der Waals surface area contributed by atoms with Crippen LogP contribution in [0.2, 0.25) is 0 Å². The fourth-order valence-corrected chi connectivity index (χ4v) is 3.22. The number of hydrogen-bond donors (Lipinski definition) is 1. The molecule has 21 heavy (non-hydrogen) atoms. The van der Waals surface area contributed by atoms with Crippen LogP contribution in [0.1, 0.15) is 25.5 Å². The molecule has 2 rings (SSSR count). The number of ether oxygens (including phenoxy) is 2. The number of likely N-dealkylation sites (N-methyl/N-ethyl adjacent to an activating group) is 1. The minimum atomic E-state index is 0.162. The van der Waals surface area contributed by atoms with Gasteiger partial charge in [-0.25, -0.2) is 0 Å². The highest BCUT2D eigenvalue weighted by Gasteiger charge is 2.37. The summed E-state index contributed by atoms with van der Waals surface area (Å²) in [7, 11) is 3.54. The Labute approximate surface area is 128 Å². The molecular weight excluding hydrogens is 264 g/mol. The molecule has 4 nitrogen and oxygen atoms in total. The van der Waals surface area contributed by atoms with Crippen LogP contribution in [-0.4, -0.2) is 57.0 Å². The van der Waals surface area contributed by atoms with Crippen LogP contribution in [-0.2, 0) is 9.47 Å². The molecule has 1 aromatic rings. The predicted octanol–water partition coefficient (Wildman–Crippen LogP) is 2.07. The van der Waals surface area contributed by atoms with E-state index in [0.717, 1.165) is 19.6 Å². The lowest BCUT2D eigenvalue weighted by Gasteiger charge is -2.32. The molecule has 0 aromatic heterocycles. The van der Waals surface area contributed by atoms with Crippen LogP contribution in [0.25, 0.3) is 0 Å². The van der Waals surface area contributed by atoms with Gasteiger partial charge in [-0.15, -0.1) is 0 Å². The molecule has 1 aliphatic rings. The second-order valence-corrected chi connectivity index (χ2v) is 5.69. The van der Waals surface area contributed by atoms with Gasteiger partial charge in [-0.1, -0.05) is 37.3 Å². The number of benzene rings is 1. The molecule has 0 aliphatic carbocycles. The highest BCUT2D eigenvalue weighted by molar-refractivity contribution is 5.20. The van der Waals surface area contributed by atoms with Crippen molar-refractivity contribution >= 4 is 0 Å². The van der Waals surface area contributed by atoms with Crippen LogP contribution in [0.4, 0.5) is 0 Å². The van der Waals surface area contributed by atoms with E-state index in [0.29, 0.717) is 12.1 Å². The predicted molar refractivity (Wildman–Crippen MR) is 85.5 cm³/mol. The minimum absolute atomic E-state index is 0.162. The Morgan fingerprint density at radius 2 is 1.71 bits per heavy atom. The van der Waals surface area contributed by atoms with Crippen molar-refractivity contribution in [2.24, 2.45) is 0 Å². The van der Waals surface area contributed by atoms with Gasteiger partial charge in [-0.2, -0.15) is 0 Å². The summed E-state index contributed by atoms with van der Waals surface area (Å²) >= 11 is 0. The van der Waals surface area contributed by atoms with E-state index in [1.54, 1.807) is 14.2 Å². The molecule has 1 heterocycles. The largest absolute Gasteiger partial charge is 0.377 e. The van der Waals surface area contributed by atoms with E-state index in [9.17, 15) is 0 Å². The molecule has 1 saturated heterocycles. The monoisotopic (exact) mass is 292 g/mol. The second kappa shape index (κ2) is 7.90. The molecule has 0 amide bonds. The Kier molecular flexibility index (Phi) is 6.18.